The number of ketones is 1. The number of ether oxygens (including phenoxy) is 3. The van der Waals surface area contributed by atoms with Crippen LogP contribution in [0.2, 0.25) is 0 Å². The number of carbonyl (C=O) groups is 2. The summed E-state index contributed by atoms with van der Waals surface area (Å²) >= 11 is 0. The minimum Gasteiger partial charge on any atom is -0.490 e. The Labute approximate surface area is 169 Å². The number of rotatable bonds is 6. The number of benzene rings is 3. The van der Waals surface area contributed by atoms with E-state index in [-0.39, 0.29) is 31.2 Å². The van der Waals surface area contributed by atoms with E-state index < -0.39 is 0 Å². The normalized spacial score (nSPS) is 13.0. The van der Waals surface area contributed by atoms with Gasteiger partial charge >= 0.3 is 5.97 Å². The van der Waals surface area contributed by atoms with E-state index in [1.807, 2.05) is 42.5 Å². The van der Waals surface area contributed by atoms with Gasteiger partial charge in [0.1, 0.15) is 6.61 Å². The molecule has 0 saturated heterocycles. The molecule has 3 aromatic rings. The molecule has 3 aromatic carbocycles. The highest BCUT2D eigenvalue weighted by atomic mass is 16.5. The SMILES string of the molecule is O=C(CCC(=O)c1ccc2c(c1)OCCCO2)OCc1cccc2ccccc12. The number of carbonyl (C=O) groups excluding carboxylic acids is 2. The molecule has 1 aliphatic heterocycles. The second kappa shape index (κ2) is 8.78. The van der Waals surface area contributed by atoms with Gasteiger partial charge in [0.05, 0.1) is 19.6 Å². The summed E-state index contributed by atoms with van der Waals surface area (Å²) in [6.07, 6.45) is 0.937. The Bertz CT molecular complexity index is 1040. The summed E-state index contributed by atoms with van der Waals surface area (Å²) < 4.78 is 16.6. The molecule has 1 aliphatic rings. The fraction of sp³-hybridized carbons (Fsp3) is 0.250. The van der Waals surface area contributed by atoms with Crippen LogP contribution in [0.3, 0.4) is 0 Å². The van der Waals surface area contributed by atoms with Crippen LogP contribution in [0.25, 0.3) is 10.8 Å². The molecule has 0 aliphatic carbocycles. The van der Waals surface area contributed by atoms with Gasteiger partial charge in [-0.15, -0.1) is 0 Å². The highest BCUT2D eigenvalue weighted by molar-refractivity contribution is 5.98. The number of hydrogen-bond donors (Lipinski definition) is 0. The first-order chi connectivity index (χ1) is 14.2. The van der Waals surface area contributed by atoms with Gasteiger partial charge in [-0.05, 0) is 34.5 Å². The summed E-state index contributed by atoms with van der Waals surface area (Å²) in [5.74, 6) is 0.712. The lowest BCUT2D eigenvalue weighted by Crippen LogP contribution is -2.08. The molecule has 148 valence electrons. The third kappa shape index (κ3) is 4.57. The van der Waals surface area contributed by atoms with Crippen LogP contribution in [0, 0.1) is 0 Å². The van der Waals surface area contributed by atoms with Crippen LogP contribution in [-0.2, 0) is 16.1 Å². The summed E-state index contributed by atoms with van der Waals surface area (Å²) in [5, 5.41) is 2.16. The maximum atomic E-state index is 12.5. The molecule has 0 unspecified atom stereocenters. The van der Waals surface area contributed by atoms with Crippen molar-refractivity contribution in [3.8, 4) is 11.5 Å². The minimum atomic E-state index is -0.388. The predicted molar refractivity (Wildman–Crippen MR) is 109 cm³/mol. The van der Waals surface area contributed by atoms with Crippen LogP contribution in [-0.4, -0.2) is 25.0 Å². The van der Waals surface area contributed by atoms with E-state index in [1.54, 1.807) is 18.2 Å². The molecule has 5 nitrogen and oxygen atoms in total. The van der Waals surface area contributed by atoms with Gasteiger partial charge in [0.15, 0.2) is 17.3 Å². The lowest BCUT2D eigenvalue weighted by Gasteiger charge is -2.09. The molecule has 0 radical (unpaired) electrons. The van der Waals surface area contributed by atoms with Crippen LogP contribution >= 0.6 is 0 Å². The fourth-order valence-corrected chi connectivity index (χ4v) is 3.35. The highest BCUT2D eigenvalue weighted by Gasteiger charge is 2.15. The zero-order chi connectivity index (χ0) is 20.1. The van der Waals surface area contributed by atoms with Crippen molar-refractivity contribution in [2.45, 2.75) is 25.9 Å². The van der Waals surface area contributed by atoms with Crippen LogP contribution in [0.4, 0.5) is 0 Å². The molecule has 0 spiro atoms. The Kier molecular flexibility index (Phi) is 5.75. The lowest BCUT2D eigenvalue weighted by atomic mass is 10.1. The molecule has 4 rings (SSSR count). The van der Waals surface area contributed by atoms with Crippen LogP contribution in [0.5, 0.6) is 11.5 Å². The minimum absolute atomic E-state index is 0.0397. The summed E-state index contributed by atoms with van der Waals surface area (Å²) in [7, 11) is 0. The van der Waals surface area contributed by atoms with Gasteiger partial charge in [0.2, 0.25) is 0 Å². The van der Waals surface area contributed by atoms with Gasteiger partial charge in [0.25, 0.3) is 0 Å². The first-order valence-corrected chi connectivity index (χ1v) is 9.76. The summed E-state index contributed by atoms with van der Waals surface area (Å²) in [6, 6.07) is 19.0. The van der Waals surface area contributed by atoms with Crippen LogP contribution in [0.15, 0.2) is 60.7 Å². The third-order valence-corrected chi connectivity index (χ3v) is 4.89. The summed E-state index contributed by atoms with van der Waals surface area (Å²) in [6.45, 7) is 1.35. The van der Waals surface area contributed by atoms with Crippen molar-refractivity contribution in [3.63, 3.8) is 0 Å². The van der Waals surface area contributed by atoms with Crippen LogP contribution in [0.1, 0.15) is 35.2 Å². The van der Waals surface area contributed by atoms with E-state index >= 15 is 0 Å². The van der Waals surface area contributed by atoms with Crippen molar-refractivity contribution in [1.29, 1.82) is 0 Å². The first-order valence-electron chi connectivity index (χ1n) is 9.76. The van der Waals surface area contributed by atoms with Gasteiger partial charge < -0.3 is 14.2 Å². The fourth-order valence-electron chi connectivity index (χ4n) is 3.35. The van der Waals surface area contributed by atoms with Crippen LogP contribution < -0.4 is 9.47 Å². The zero-order valence-corrected chi connectivity index (χ0v) is 16.1. The van der Waals surface area contributed by atoms with E-state index in [0.717, 1.165) is 22.8 Å². The van der Waals surface area contributed by atoms with Gasteiger partial charge in [-0.1, -0.05) is 42.5 Å². The molecule has 0 N–H and O–H groups in total. The van der Waals surface area contributed by atoms with Crippen molar-refractivity contribution in [2.24, 2.45) is 0 Å². The van der Waals surface area contributed by atoms with Crippen molar-refractivity contribution in [1.82, 2.24) is 0 Å². The second-order valence-electron chi connectivity index (χ2n) is 6.93. The van der Waals surface area contributed by atoms with Gasteiger partial charge in [-0.2, -0.15) is 0 Å². The average Bonchev–Trinajstić information content (AvgIpc) is 3.00. The van der Waals surface area contributed by atoms with Crippen molar-refractivity contribution in [3.05, 3.63) is 71.8 Å². The predicted octanol–water partition coefficient (Wildman–Crippen LogP) is 4.71. The first kappa shape index (κ1) is 19.0. The van der Waals surface area contributed by atoms with Gasteiger partial charge in [-0.25, -0.2) is 0 Å². The Morgan fingerprint density at radius 2 is 1.66 bits per heavy atom. The number of hydrogen-bond acceptors (Lipinski definition) is 5. The number of Topliss-reactive ketones (excluding diaryl/α,β-unsaturated/α-hetero) is 1. The molecule has 0 atom stereocenters. The van der Waals surface area contributed by atoms with Crippen molar-refractivity contribution in [2.75, 3.05) is 13.2 Å². The Morgan fingerprint density at radius 3 is 2.55 bits per heavy atom. The van der Waals surface area contributed by atoms with Gasteiger partial charge in [-0.3, -0.25) is 9.59 Å². The second-order valence-corrected chi connectivity index (χ2v) is 6.93. The third-order valence-electron chi connectivity index (χ3n) is 4.89. The molecule has 1 heterocycles. The van der Waals surface area contributed by atoms with E-state index in [9.17, 15) is 9.59 Å². The zero-order valence-electron chi connectivity index (χ0n) is 16.1. The van der Waals surface area contributed by atoms with E-state index in [4.69, 9.17) is 14.2 Å². The van der Waals surface area contributed by atoms with Gasteiger partial charge in [0, 0.05) is 18.4 Å². The maximum absolute atomic E-state index is 12.5. The molecular formula is C24H22O5. The molecule has 0 amide bonds. The lowest BCUT2D eigenvalue weighted by molar-refractivity contribution is -0.144. The highest BCUT2D eigenvalue weighted by Crippen LogP contribution is 2.31. The largest absolute Gasteiger partial charge is 0.490 e. The molecule has 0 bridgehead atoms. The molecule has 0 saturated carbocycles. The molecular weight excluding hydrogens is 368 g/mol. The quantitative estimate of drug-likeness (QED) is 0.451. The maximum Gasteiger partial charge on any atom is 0.306 e. The smallest absolute Gasteiger partial charge is 0.306 e. The summed E-state index contributed by atoms with van der Waals surface area (Å²) in [5.41, 5.74) is 1.46. The van der Waals surface area contributed by atoms with E-state index in [0.29, 0.717) is 30.3 Å². The van der Waals surface area contributed by atoms with E-state index in [1.165, 1.54) is 0 Å². The van der Waals surface area contributed by atoms with Crippen molar-refractivity contribution >= 4 is 22.5 Å². The molecule has 0 aromatic heterocycles. The monoisotopic (exact) mass is 390 g/mol. The number of esters is 1. The van der Waals surface area contributed by atoms with E-state index in [2.05, 4.69) is 0 Å². The Morgan fingerprint density at radius 1 is 0.862 bits per heavy atom. The Balaban J connectivity index is 1.32. The topological polar surface area (TPSA) is 61.8 Å². The molecule has 29 heavy (non-hydrogen) atoms. The standard InChI is InChI=1S/C24H22O5/c25-21(18-9-11-22-23(15-18)28-14-4-13-27-22)10-12-24(26)29-16-19-7-3-6-17-5-1-2-8-20(17)19/h1-3,5-9,11,15H,4,10,12-14,16H2. The Hall–Kier alpha value is -3.34. The summed E-state index contributed by atoms with van der Waals surface area (Å²) in [4.78, 5) is 24.6. The molecule has 0 fully saturated rings. The molecule has 5 heteroatoms. The average molecular weight is 390 g/mol. The number of fused-ring (bicyclic) bond motifs is 2. The van der Waals surface area contributed by atoms with Crippen molar-refractivity contribution < 1.29 is 23.8 Å².